The largest absolute Gasteiger partial charge is 0.493 e. The number of carbonyl (C=O) groups is 1. The highest BCUT2D eigenvalue weighted by Crippen LogP contribution is 2.35. The molecule has 2 aromatic rings. The summed E-state index contributed by atoms with van der Waals surface area (Å²) in [5, 5.41) is 10.9. The summed E-state index contributed by atoms with van der Waals surface area (Å²) in [6.45, 7) is 0. The monoisotopic (exact) mass is 264 g/mol. The van der Waals surface area contributed by atoms with Crippen molar-refractivity contribution in [1.29, 1.82) is 0 Å². The maximum absolute atomic E-state index is 11.1. The lowest BCUT2D eigenvalue weighted by Gasteiger charge is -2.09. The van der Waals surface area contributed by atoms with E-state index in [-0.39, 0.29) is 0 Å². The van der Waals surface area contributed by atoms with Gasteiger partial charge in [0, 0.05) is 5.56 Å². The van der Waals surface area contributed by atoms with E-state index in [1.807, 2.05) is 6.07 Å². The molecule has 1 aromatic carbocycles. The van der Waals surface area contributed by atoms with Gasteiger partial charge in [0.05, 0.1) is 14.2 Å². The molecule has 0 amide bonds. The average molecular weight is 264 g/mol. The van der Waals surface area contributed by atoms with Crippen LogP contribution >= 0.6 is 11.3 Å². The van der Waals surface area contributed by atoms with Gasteiger partial charge in [0.2, 0.25) is 0 Å². The van der Waals surface area contributed by atoms with Gasteiger partial charge in [-0.3, -0.25) is 0 Å². The number of aromatic carboxylic acids is 1. The summed E-state index contributed by atoms with van der Waals surface area (Å²) in [6, 6.07) is 7.13. The molecule has 1 aromatic heterocycles. The molecule has 0 aliphatic carbocycles. The van der Waals surface area contributed by atoms with Crippen molar-refractivity contribution in [3.63, 3.8) is 0 Å². The highest BCUT2D eigenvalue weighted by Gasteiger charge is 2.15. The second kappa shape index (κ2) is 5.10. The highest BCUT2D eigenvalue weighted by molar-refractivity contribution is 7.12. The van der Waals surface area contributed by atoms with E-state index in [1.54, 1.807) is 37.8 Å². The smallest absolute Gasteiger partial charge is 0.346 e. The minimum absolute atomic E-state index is 0.321. The molecule has 0 unspecified atom stereocenters. The number of hydrogen-bond donors (Lipinski definition) is 1. The summed E-state index contributed by atoms with van der Waals surface area (Å²) < 4.78 is 10.4. The number of ether oxygens (including phenoxy) is 2. The zero-order valence-corrected chi connectivity index (χ0v) is 10.8. The molecule has 1 heterocycles. The summed E-state index contributed by atoms with van der Waals surface area (Å²) in [6.07, 6.45) is 0. The van der Waals surface area contributed by atoms with Crippen LogP contribution < -0.4 is 9.47 Å². The number of rotatable bonds is 4. The Balaban J connectivity index is 2.51. The van der Waals surface area contributed by atoms with Gasteiger partial charge in [-0.15, -0.1) is 11.3 Å². The molecule has 0 aliphatic heterocycles. The maximum atomic E-state index is 11.1. The van der Waals surface area contributed by atoms with Crippen LogP contribution in [0.4, 0.5) is 0 Å². The summed E-state index contributed by atoms with van der Waals surface area (Å²) in [5.74, 6) is 0.278. The van der Waals surface area contributed by atoms with Gasteiger partial charge < -0.3 is 14.6 Å². The third-order valence-electron chi connectivity index (χ3n) is 2.55. The van der Waals surface area contributed by atoms with Crippen LogP contribution in [-0.2, 0) is 0 Å². The molecule has 0 saturated carbocycles. The van der Waals surface area contributed by atoms with Crippen LogP contribution in [0.25, 0.3) is 11.1 Å². The first-order valence-electron chi connectivity index (χ1n) is 5.20. The molecular weight excluding hydrogens is 252 g/mol. The first kappa shape index (κ1) is 12.4. The van der Waals surface area contributed by atoms with Crippen molar-refractivity contribution >= 4 is 17.3 Å². The van der Waals surface area contributed by atoms with E-state index in [0.717, 1.165) is 5.56 Å². The van der Waals surface area contributed by atoms with Crippen molar-refractivity contribution in [2.24, 2.45) is 0 Å². The first-order valence-corrected chi connectivity index (χ1v) is 6.08. The van der Waals surface area contributed by atoms with E-state index in [9.17, 15) is 4.79 Å². The van der Waals surface area contributed by atoms with Crippen LogP contribution in [0.3, 0.4) is 0 Å². The number of carboxylic acids is 1. The van der Waals surface area contributed by atoms with Gasteiger partial charge in [-0.2, -0.15) is 0 Å². The maximum Gasteiger partial charge on any atom is 0.346 e. The topological polar surface area (TPSA) is 55.8 Å². The zero-order valence-electron chi connectivity index (χ0n) is 9.97. The van der Waals surface area contributed by atoms with Crippen molar-refractivity contribution in [3.05, 3.63) is 34.5 Å². The fraction of sp³-hybridized carbons (Fsp3) is 0.154. The average Bonchev–Trinajstić information content (AvgIpc) is 2.87. The SMILES string of the molecule is COc1ccc(-c2ccsc2C(=O)O)cc1OC. The van der Waals surface area contributed by atoms with Crippen LogP contribution in [0, 0.1) is 0 Å². The van der Waals surface area contributed by atoms with Gasteiger partial charge in [0.15, 0.2) is 11.5 Å². The number of hydrogen-bond acceptors (Lipinski definition) is 4. The first-order chi connectivity index (χ1) is 8.67. The second-order valence-corrected chi connectivity index (χ2v) is 4.45. The molecule has 18 heavy (non-hydrogen) atoms. The van der Waals surface area contributed by atoms with E-state index in [0.29, 0.717) is 21.9 Å². The Labute approximate surface area is 108 Å². The van der Waals surface area contributed by atoms with Crippen LogP contribution in [0.2, 0.25) is 0 Å². The van der Waals surface area contributed by atoms with Crippen LogP contribution in [0.1, 0.15) is 9.67 Å². The highest BCUT2D eigenvalue weighted by atomic mass is 32.1. The second-order valence-electron chi connectivity index (χ2n) is 3.54. The Bertz CT molecular complexity index is 574. The predicted octanol–water partition coefficient (Wildman–Crippen LogP) is 3.13. The molecule has 0 bridgehead atoms. The van der Waals surface area contributed by atoms with Gasteiger partial charge in [-0.25, -0.2) is 4.79 Å². The lowest BCUT2D eigenvalue weighted by Crippen LogP contribution is -1.95. The standard InChI is InChI=1S/C13H12O4S/c1-16-10-4-3-8(7-11(10)17-2)9-5-6-18-12(9)13(14)15/h3-7H,1-2H3,(H,14,15). The summed E-state index contributed by atoms with van der Waals surface area (Å²) in [4.78, 5) is 11.4. The van der Waals surface area contributed by atoms with Crippen LogP contribution in [-0.4, -0.2) is 25.3 Å². The fourth-order valence-electron chi connectivity index (χ4n) is 1.71. The molecule has 4 nitrogen and oxygen atoms in total. The Morgan fingerprint density at radius 2 is 1.89 bits per heavy atom. The quantitative estimate of drug-likeness (QED) is 0.921. The minimum Gasteiger partial charge on any atom is -0.493 e. The molecule has 5 heteroatoms. The van der Waals surface area contributed by atoms with E-state index in [2.05, 4.69) is 0 Å². The molecule has 0 atom stereocenters. The van der Waals surface area contributed by atoms with Gasteiger partial charge in [0.25, 0.3) is 0 Å². The fourth-order valence-corrected chi connectivity index (χ4v) is 2.46. The molecule has 94 valence electrons. The number of benzene rings is 1. The van der Waals surface area contributed by atoms with Crippen LogP contribution in [0.5, 0.6) is 11.5 Å². The summed E-state index contributed by atoms with van der Waals surface area (Å²) in [5.41, 5.74) is 1.49. The van der Waals surface area contributed by atoms with E-state index in [4.69, 9.17) is 14.6 Å². The number of methoxy groups -OCH3 is 2. The predicted molar refractivity (Wildman–Crippen MR) is 69.8 cm³/mol. The van der Waals surface area contributed by atoms with Crippen molar-refractivity contribution in [2.75, 3.05) is 14.2 Å². The van der Waals surface area contributed by atoms with Gasteiger partial charge >= 0.3 is 5.97 Å². The molecule has 0 fully saturated rings. The van der Waals surface area contributed by atoms with Crippen molar-refractivity contribution < 1.29 is 19.4 Å². The van der Waals surface area contributed by atoms with E-state index >= 15 is 0 Å². The number of carboxylic acid groups (broad SMARTS) is 1. The molecule has 0 saturated heterocycles. The van der Waals surface area contributed by atoms with Gasteiger partial charge in [0.1, 0.15) is 4.88 Å². The number of thiophene rings is 1. The molecule has 2 rings (SSSR count). The van der Waals surface area contributed by atoms with E-state index < -0.39 is 5.97 Å². The Hall–Kier alpha value is -2.01. The summed E-state index contributed by atoms with van der Waals surface area (Å²) >= 11 is 1.20. The molecular formula is C13H12O4S. The Morgan fingerprint density at radius 3 is 2.50 bits per heavy atom. The lowest BCUT2D eigenvalue weighted by molar-refractivity contribution is 0.0703. The molecule has 0 spiro atoms. The lowest BCUT2D eigenvalue weighted by atomic mass is 10.1. The normalized spacial score (nSPS) is 10.1. The van der Waals surface area contributed by atoms with Gasteiger partial charge in [-0.1, -0.05) is 6.07 Å². The third-order valence-corrected chi connectivity index (χ3v) is 3.46. The van der Waals surface area contributed by atoms with Gasteiger partial charge in [-0.05, 0) is 29.1 Å². The Kier molecular flexibility index (Phi) is 3.53. The molecule has 1 N–H and O–H groups in total. The van der Waals surface area contributed by atoms with Crippen LogP contribution in [0.15, 0.2) is 29.6 Å². The minimum atomic E-state index is -0.921. The van der Waals surface area contributed by atoms with E-state index in [1.165, 1.54) is 11.3 Å². The van der Waals surface area contributed by atoms with Crippen molar-refractivity contribution in [1.82, 2.24) is 0 Å². The third kappa shape index (κ3) is 2.17. The molecule has 0 radical (unpaired) electrons. The van der Waals surface area contributed by atoms with Crippen molar-refractivity contribution in [3.8, 4) is 22.6 Å². The Morgan fingerprint density at radius 1 is 1.17 bits per heavy atom. The molecule has 0 aliphatic rings. The zero-order chi connectivity index (χ0) is 13.1. The van der Waals surface area contributed by atoms with Crippen molar-refractivity contribution in [2.45, 2.75) is 0 Å². The summed E-state index contributed by atoms with van der Waals surface area (Å²) in [7, 11) is 3.11.